The molecule has 0 aliphatic carbocycles. The third-order valence-corrected chi connectivity index (χ3v) is 2.07. The van der Waals surface area contributed by atoms with Crippen molar-refractivity contribution >= 4 is 11.8 Å². The molecule has 1 N–H and O–H groups in total. The van der Waals surface area contributed by atoms with Crippen molar-refractivity contribution in [1.82, 2.24) is 0 Å². The second-order valence-electron chi connectivity index (χ2n) is 3.66. The van der Waals surface area contributed by atoms with Crippen LogP contribution in [-0.4, -0.2) is 23.8 Å². The summed E-state index contributed by atoms with van der Waals surface area (Å²) in [6.07, 6.45) is -0.948. The molecule has 1 aromatic rings. The lowest BCUT2D eigenvalue weighted by molar-refractivity contribution is 0.201. The summed E-state index contributed by atoms with van der Waals surface area (Å²) in [6.45, 7) is 6.01. The van der Waals surface area contributed by atoms with Gasteiger partial charge in [-0.05, 0) is 32.9 Å². The van der Waals surface area contributed by atoms with Crippen molar-refractivity contribution in [2.45, 2.75) is 26.9 Å². The van der Waals surface area contributed by atoms with Crippen molar-refractivity contribution in [3.05, 3.63) is 24.3 Å². The number of amides is 1. The molecule has 0 aromatic heterocycles. The van der Waals surface area contributed by atoms with Crippen LogP contribution in [0.5, 0.6) is 5.75 Å². The maximum atomic E-state index is 11.0. The Labute approximate surface area is 95.5 Å². The minimum Gasteiger partial charge on any atom is -0.489 e. The number of nitrogens with zero attached hydrogens (tertiary/aromatic N) is 1. The summed E-state index contributed by atoms with van der Waals surface area (Å²) in [4.78, 5) is 12.3. The van der Waals surface area contributed by atoms with E-state index in [2.05, 4.69) is 0 Å². The number of rotatable bonds is 4. The van der Waals surface area contributed by atoms with Crippen LogP contribution in [0.15, 0.2) is 24.3 Å². The number of ether oxygens (including phenoxy) is 1. The molecule has 4 nitrogen and oxygen atoms in total. The molecule has 0 heterocycles. The number of benzene rings is 1. The molecule has 0 spiro atoms. The van der Waals surface area contributed by atoms with Crippen molar-refractivity contribution in [3.8, 4) is 5.75 Å². The number of carbonyl (C=O) groups is 1. The van der Waals surface area contributed by atoms with Crippen LogP contribution in [0.3, 0.4) is 0 Å². The minimum absolute atomic E-state index is 0.0219. The molecule has 16 heavy (non-hydrogen) atoms. The van der Waals surface area contributed by atoms with Crippen LogP contribution in [0, 0.1) is 0 Å². The topological polar surface area (TPSA) is 49.8 Å². The van der Waals surface area contributed by atoms with Gasteiger partial charge in [0.2, 0.25) is 0 Å². The molecule has 0 fully saturated rings. The fourth-order valence-corrected chi connectivity index (χ4v) is 1.44. The Kier molecular flexibility index (Phi) is 4.17. The summed E-state index contributed by atoms with van der Waals surface area (Å²) in [6, 6.07) is 7.15. The SMILES string of the molecule is CCN(C(=O)O)c1ccccc1OC(C)C. The van der Waals surface area contributed by atoms with Gasteiger partial charge in [0.05, 0.1) is 11.8 Å². The molecule has 0 bridgehead atoms. The molecule has 1 aromatic carbocycles. The molecular weight excluding hydrogens is 206 g/mol. The molecule has 1 rings (SSSR count). The number of anilines is 1. The average molecular weight is 223 g/mol. The lowest BCUT2D eigenvalue weighted by Gasteiger charge is -2.21. The highest BCUT2D eigenvalue weighted by atomic mass is 16.5. The molecule has 0 aliphatic rings. The van der Waals surface area contributed by atoms with E-state index < -0.39 is 6.09 Å². The van der Waals surface area contributed by atoms with Crippen LogP contribution in [0.25, 0.3) is 0 Å². The van der Waals surface area contributed by atoms with Crippen molar-refractivity contribution in [1.29, 1.82) is 0 Å². The average Bonchev–Trinajstić information content (AvgIpc) is 2.20. The summed E-state index contributed by atoms with van der Waals surface area (Å²) in [5.41, 5.74) is 0.589. The first-order valence-electron chi connectivity index (χ1n) is 5.32. The summed E-state index contributed by atoms with van der Waals surface area (Å²) >= 11 is 0. The molecular formula is C12H17NO3. The maximum absolute atomic E-state index is 11.0. The summed E-state index contributed by atoms with van der Waals surface area (Å²) in [5.74, 6) is 0.599. The zero-order valence-corrected chi connectivity index (χ0v) is 9.80. The van der Waals surface area contributed by atoms with Crippen LogP contribution >= 0.6 is 0 Å². The largest absolute Gasteiger partial charge is 0.489 e. The maximum Gasteiger partial charge on any atom is 0.411 e. The summed E-state index contributed by atoms with van der Waals surface area (Å²) < 4.78 is 5.57. The quantitative estimate of drug-likeness (QED) is 0.853. The van der Waals surface area contributed by atoms with E-state index in [1.165, 1.54) is 4.90 Å². The standard InChI is InChI=1S/C12H17NO3/c1-4-13(12(14)15)10-7-5-6-8-11(10)16-9(2)3/h5-9H,4H2,1-3H3,(H,14,15). The zero-order valence-electron chi connectivity index (χ0n) is 9.80. The lowest BCUT2D eigenvalue weighted by Crippen LogP contribution is -2.29. The first kappa shape index (κ1) is 12.4. The third-order valence-electron chi connectivity index (χ3n) is 2.07. The monoisotopic (exact) mass is 223 g/mol. The van der Waals surface area contributed by atoms with Gasteiger partial charge in [0.25, 0.3) is 0 Å². The van der Waals surface area contributed by atoms with Crippen LogP contribution in [-0.2, 0) is 0 Å². The van der Waals surface area contributed by atoms with Crippen molar-refractivity contribution in [2.24, 2.45) is 0 Å². The normalized spacial score (nSPS) is 10.2. The van der Waals surface area contributed by atoms with E-state index >= 15 is 0 Å². The van der Waals surface area contributed by atoms with Gasteiger partial charge in [0.1, 0.15) is 5.75 Å². The van der Waals surface area contributed by atoms with E-state index in [9.17, 15) is 4.79 Å². The molecule has 0 saturated heterocycles. The Morgan fingerprint density at radius 3 is 2.56 bits per heavy atom. The van der Waals surface area contributed by atoms with Gasteiger partial charge in [-0.25, -0.2) is 4.79 Å². The summed E-state index contributed by atoms with van der Waals surface area (Å²) in [7, 11) is 0. The first-order chi connectivity index (χ1) is 7.56. The Balaban J connectivity index is 3.05. The second-order valence-corrected chi connectivity index (χ2v) is 3.66. The predicted octanol–water partition coefficient (Wildman–Crippen LogP) is 2.98. The number of para-hydroxylation sites is 2. The highest BCUT2D eigenvalue weighted by molar-refractivity contribution is 5.88. The van der Waals surface area contributed by atoms with E-state index in [4.69, 9.17) is 9.84 Å². The molecule has 88 valence electrons. The Hall–Kier alpha value is -1.71. The van der Waals surface area contributed by atoms with Crippen molar-refractivity contribution < 1.29 is 14.6 Å². The predicted molar refractivity (Wildman–Crippen MR) is 63.3 cm³/mol. The minimum atomic E-state index is -0.970. The molecule has 0 unspecified atom stereocenters. The molecule has 0 aliphatic heterocycles. The van der Waals surface area contributed by atoms with Crippen LogP contribution in [0.2, 0.25) is 0 Å². The fourth-order valence-electron chi connectivity index (χ4n) is 1.44. The lowest BCUT2D eigenvalue weighted by atomic mass is 10.2. The van der Waals surface area contributed by atoms with Gasteiger partial charge < -0.3 is 9.84 Å². The summed E-state index contributed by atoms with van der Waals surface area (Å²) in [5, 5.41) is 9.06. The van der Waals surface area contributed by atoms with Gasteiger partial charge >= 0.3 is 6.09 Å². The third kappa shape index (κ3) is 2.89. The molecule has 0 saturated carbocycles. The molecule has 0 atom stereocenters. The van der Waals surface area contributed by atoms with Crippen LogP contribution < -0.4 is 9.64 Å². The van der Waals surface area contributed by atoms with Gasteiger partial charge in [-0.15, -0.1) is 0 Å². The second kappa shape index (κ2) is 5.39. The first-order valence-corrected chi connectivity index (χ1v) is 5.32. The molecule has 4 heteroatoms. The van der Waals surface area contributed by atoms with Gasteiger partial charge in [0, 0.05) is 6.54 Å². The van der Waals surface area contributed by atoms with Crippen LogP contribution in [0.4, 0.5) is 10.5 Å². The molecule has 1 amide bonds. The Morgan fingerprint density at radius 1 is 1.44 bits per heavy atom. The van der Waals surface area contributed by atoms with Gasteiger partial charge in [-0.3, -0.25) is 4.90 Å². The Bertz CT molecular complexity index is 363. The number of carboxylic acid groups (broad SMARTS) is 1. The van der Waals surface area contributed by atoms with Gasteiger partial charge in [-0.1, -0.05) is 12.1 Å². The van der Waals surface area contributed by atoms with Gasteiger partial charge in [0.15, 0.2) is 0 Å². The smallest absolute Gasteiger partial charge is 0.411 e. The molecule has 0 radical (unpaired) electrons. The highest BCUT2D eigenvalue weighted by Gasteiger charge is 2.16. The fraction of sp³-hybridized carbons (Fsp3) is 0.417. The van der Waals surface area contributed by atoms with E-state index in [-0.39, 0.29) is 6.10 Å². The van der Waals surface area contributed by atoms with Crippen LogP contribution in [0.1, 0.15) is 20.8 Å². The van der Waals surface area contributed by atoms with Crippen molar-refractivity contribution in [3.63, 3.8) is 0 Å². The zero-order chi connectivity index (χ0) is 12.1. The number of hydrogen-bond donors (Lipinski definition) is 1. The van der Waals surface area contributed by atoms with E-state index in [1.54, 1.807) is 25.1 Å². The van der Waals surface area contributed by atoms with E-state index in [1.807, 2.05) is 19.9 Å². The number of hydrogen-bond acceptors (Lipinski definition) is 2. The highest BCUT2D eigenvalue weighted by Crippen LogP contribution is 2.28. The Morgan fingerprint density at radius 2 is 2.06 bits per heavy atom. The van der Waals surface area contributed by atoms with E-state index in [0.717, 1.165) is 0 Å². The van der Waals surface area contributed by atoms with E-state index in [0.29, 0.717) is 18.0 Å². The van der Waals surface area contributed by atoms with Crippen molar-refractivity contribution in [2.75, 3.05) is 11.4 Å². The van der Waals surface area contributed by atoms with Gasteiger partial charge in [-0.2, -0.15) is 0 Å².